The van der Waals surface area contributed by atoms with E-state index < -0.39 is 11.5 Å². The fraction of sp³-hybridized carbons (Fsp3) is 0.375. The molecule has 2 aromatic carbocycles. The molecule has 0 aromatic heterocycles. The molecule has 8 nitrogen and oxygen atoms in total. The molecule has 2 aromatic rings. The molecule has 8 heteroatoms. The summed E-state index contributed by atoms with van der Waals surface area (Å²) in [7, 11) is 0. The van der Waals surface area contributed by atoms with E-state index in [0.717, 1.165) is 33.7 Å². The van der Waals surface area contributed by atoms with Crippen LogP contribution in [0.15, 0.2) is 36.4 Å². The molecule has 0 bridgehead atoms. The predicted molar refractivity (Wildman–Crippen MR) is 119 cm³/mol. The van der Waals surface area contributed by atoms with Crippen LogP contribution in [-0.2, 0) is 32.8 Å². The molecular weight excluding hydrogens is 410 g/mol. The van der Waals surface area contributed by atoms with E-state index in [-0.39, 0.29) is 31.1 Å². The molecule has 32 heavy (non-hydrogen) atoms. The lowest BCUT2D eigenvalue weighted by molar-refractivity contribution is -0.120. The lowest BCUT2D eigenvalue weighted by atomic mass is 9.83. The number of hydrogen-bond acceptors (Lipinski definition) is 5. The SMILES string of the molecule is Cc1cc2c(c3c1NC(=O)C3(C)C)OC(CNC(=O)CNC(=O)OCc1ccccc1)C2. The highest BCUT2D eigenvalue weighted by molar-refractivity contribution is 6.07. The molecule has 2 heterocycles. The lowest BCUT2D eigenvalue weighted by Gasteiger charge is -2.19. The Hall–Kier alpha value is -3.55. The van der Waals surface area contributed by atoms with Gasteiger partial charge in [0.1, 0.15) is 18.5 Å². The second kappa shape index (κ2) is 8.53. The summed E-state index contributed by atoms with van der Waals surface area (Å²) in [6, 6.07) is 11.3. The van der Waals surface area contributed by atoms with Gasteiger partial charge in [-0.1, -0.05) is 36.4 Å². The van der Waals surface area contributed by atoms with Crippen LogP contribution in [0, 0.1) is 6.92 Å². The minimum absolute atomic E-state index is 0.0467. The highest BCUT2D eigenvalue weighted by atomic mass is 16.5. The minimum atomic E-state index is -0.673. The Balaban J connectivity index is 1.26. The van der Waals surface area contributed by atoms with Crippen molar-refractivity contribution in [2.24, 2.45) is 0 Å². The van der Waals surface area contributed by atoms with Gasteiger partial charge in [0.15, 0.2) is 0 Å². The molecule has 3 N–H and O–H groups in total. The lowest BCUT2D eigenvalue weighted by Crippen LogP contribution is -2.41. The maximum Gasteiger partial charge on any atom is 0.407 e. The molecule has 2 aliphatic heterocycles. The topological polar surface area (TPSA) is 106 Å². The smallest absolute Gasteiger partial charge is 0.407 e. The second-order valence-electron chi connectivity index (χ2n) is 8.67. The first-order valence-electron chi connectivity index (χ1n) is 10.6. The first-order valence-corrected chi connectivity index (χ1v) is 10.6. The van der Waals surface area contributed by atoms with Crippen LogP contribution in [0.3, 0.4) is 0 Å². The van der Waals surface area contributed by atoms with Gasteiger partial charge in [0.05, 0.1) is 24.2 Å². The summed E-state index contributed by atoms with van der Waals surface area (Å²) in [5.41, 5.74) is 3.94. The Kier molecular flexibility index (Phi) is 5.78. The van der Waals surface area contributed by atoms with Crippen molar-refractivity contribution >= 4 is 23.6 Å². The van der Waals surface area contributed by atoms with Gasteiger partial charge >= 0.3 is 6.09 Å². The van der Waals surface area contributed by atoms with E-state index in [0.29, 0.717) is 13.0 Å². The predicted octanol–water partition coefficient (Wildman–Crippen LogP) is 2.57. The van der Waals surface area contributed by atoms with Crippen molar-refractivity contribution in [3.63, 3.8) is 0 Å². The normalized spacial score (nSPS) is 17.6. The summed E-state index contributed by atoms with van der Waals surface area (Å²) in [6.07, 6.45) is -0.254. The summed E-state index contributed by atoms with van der Waals surface area (Å²) in [5.74, 6) is 0.352. The van der Waals surface area contributed by atoms with Gasteiger partial charge < -0.3 is 25.4 Å². The number of carbonyl (C=O) groups is 3. The zero-order chi connectivity index (χ0) is 22.9. The number of carbonyl (C=O) groups excluding carboxylic acids is 3. The summed E-state index contributed by atoms with van der Waals surface area (Å²) in [6.45, 7) is 5.99. The highest BCUT2D eigenvalue weighted by Crippen LogP contribution is 2.49. The number of anilines is 1. The second-order valence-corrected chi connectivity index (χ2v) is 8.67. The maximum atomic E-state index is 12.4. The van der Waals surface area contributed by atoms with Crippen molar-refractivity contribution < 1.29 is 23.9 Å². The van der Waals surface area contributed by atoms with Crippen LogP contribution in [-0.4, -0.2) is 37.1 Å². The number of nitrogens with one attached hydrogen (secondary N) is 3. The molecule has 3 amide bonds. The number of ether oxygens (including phenoxy) is 2. The van der Waals surface area contributed by atoms with Crippen LogP contribution in [0.2, 0.25) is 0 Å². The van der Waals surface area contributed by atoms with E-state index >= 15 is 0 Å². The molecule has 0 aliphatic carbocycles. The quantitative estimate of drug-likeness (QED) is 0.644. The zero-order valence-corrected chi connectivity index (χ0v) is 18.4. The first-order chi connectivity index (χ1) is 15.3. The van der Waals surface area contributed by atoms with E-state index in [4.69, 9.17) is 9.47 Å². The van der Waals surface area contributed by atoms with E-state index in [2.05, 4.69) is 16.0 Å². The van der Waals surface area contributed by atoms with Crippen molar-refractivity contribution in [1.82, 2.24) is 10.6 Å². The fourth-order valence-corrected chi connectivity index (χ4v) is 4.08. The van der Waals surface area contributed by atoms with E-state index in [9.17, 15) is 14.4 Å². The molecule has 4 rings (SSSR count). The Labute approximate surface area is 186 Å². The van der Waals surface area contributed by atoms with E-state index in [1.165, 1.54) is 0 Å². The van der Waals surface area contributed by atoms with Gasteiger partial charge in [-0.25, -0.2) is 4.79 Å². The Bertz CT molecular complexity index is 1070. The van der Waals surface area contributed by atoms with Crippen molar-refractivity contribution in [1.29, 1.82) is 0 Å². The van der Waals surface area contributed by atoms with Gasteiger partial charge in [-0.15, -0.1) is 0 Å². The van der Waals surface area contributed by atoms with Crippen molar-refractivity contribution in [3.05, 3.63) is 58.7 Å². The number of alkyl carbamates (subject to hydrolysis) is 1. The van der Waals surface area contributed by atoms with Gasteiger partial charge in [0.25, 0.3) is 0 Å². The fourth-order valence-electron chi connectivity index (χ4n) is 4.08. The van der Waals surface area contributed by atoms with Crippen molar-refractivity contribution in [3.8, 4) is 5.75 Å². The number of aryl methyl sites for hydroxylation is 1. The molecule has 0 saturated carbocycles. The van der Waals surface area contributed by atoms with Gasteiger partial charge in [-0.3, -0.25) is 9.59 Å². The van der Waals surface area contributed by atoms with Crippen LogP contribution in [0.25, 0.3) is 0 Å². The van der Waals surface area contributed by atoms with Crippen LogP contribution < -0.4 is 20.7 Å². The van der Waals surface area contributed by atoms with Crippen molar-refractivity contribution in [2.75, 3.05) is 18.4 Å². The number of hydrogen-bond donors (Lipinski definition) is 3. The largest absolute Gasteiger partial charge is 0.488 e. The standard InChI is InChI=1S/C24H27N3O5/c1-14-9-16-10-17(32-21(16)19-20(14)27-22(29)24(19,2)3)11-25-18(28)12-26-23(30)31-13-15-7-5-4-6-8-15/h4-9,17H,10-13H2,1-3H3,(H,25,28)(H,26,30)(H,27,29). The van der Waals surface area contributed by atoms with E-state index in [1.54, 1.807) is 0 Å². The Morgan fingerprint density at radius 1 is 1.22 bits per heavy atom. The van der Waals surface area contributed by atoms with Crippen LogP contribution in [0.5, 0.6) is 5.75 Å². The molecule has 0 radical (unpaired) electrons. The summed E-state index contributed by atoms with van der Waals surface area (Å²) < 4.78 is 11.2. The number of rotatable bonds is 6. The average molecular weight is 437 g/mol. The van der Waals surface area contributed by atoms with Gasteiger partial charge in [0.2, 0.25) is 11.8 Å². The average Bonchev–Trinajstić information content (AvgIpc) is 3.27. The van der Waals surface area contributed by atoms with Crippen LogP contribution in [0.4, 0.5) is 10.5 Å². The Morgan fingerprint density at radius 3 is 2.72 bits per heavy atom. The van der Waals surface area contributed by atoms with Crippen LogP contribution in [0.1, 0.15) is 36.1 Å². The summed E-state index contributed by atoms with van der Waals surface area (Å²) >= 11 is 0. The van der Waals surface area contributed by atoms with E-state index in [1.807, 2.05) is 57.2 Å². The molecule has 0 spiro atoms. The third kappa shape index (κ3) is 4.26. The van der Waals surface area contributed by atoms with Gasteiger partial charge in [0, 0.05) is 12.0 Å². The summed E-state index contributed by atoms with van der Waals surface area (Å²) in [4.78, 5) is 36.3. The molecule has 1 unspecified atom stereocenters. The molecule has 2 aliphatic rings. The highest BCUT2D eigenvalue weighted by Gasteiger charge is 2.44. The molecule has 168 valence electrons. The molecule has 0 fully saturated rings. The van der Waals surface area contributed by atoms with Crippen LogP contribution >= 0.6 is 0 Å². The monoisotopic (exact) mass is 437 g/mol. The van der Waals surface area contributed by atoms with Gasteiger partial charge in [-0.2, -0.15) is 0 Å². The number of amides is 3. The third-order valence-electron chi connectivity index (χ3n) is 5.85. The maximum absolute atomic E-state index is 12.4. The van der Waals surface area contributed by atoms with Gasteiger partial charge in [-0.05, 0) is 37.5 Å². The molecule has 1 atom stereocenters. The van der Waals surface area contributed by atoms with Crippen molar-refractivity contribution in [2.45, 2.75) is 45.3 Å². The molecular formula is C24H27N3O5. The number of benzene rings is 2. The molecule has 0 saturated heterocycles. The third-order valence-corrected chi connectivity index (χ3v) is 5.85. The summed E-state index contributed by atoms with van der Waals surface area (Å²) in [5, 5.41) is 8.18. The Morgan fingerprint density at radius 2 is 1.97 bits per heavy atom. The minimum Gasteiger partial charge on any atom is -0.488 e. The zero-order valence-electron chi connectivity index (χ0n) is 18.4. The first kappa shape index (κ1) is 21.7. The number of fused-ring (bicyclic) bond motifs is 3.